The Kier molecular flexibility index (Phi) is 5.60. The van der Waals surface area contributed by atoms with Gasteiger partial charge in [0.2, 0.25) is 0 Å². The van der Waals surface area contributed by atoms with Crippen LogP contribution < -0.4 is 4.74 Å². The lowest BCUT2D eigenvalue weighted by Gasteiger charge is -2.35. The van der Waals surface area contributed by atoms with Crippen LogP contribution in [0.25, 0.3) is 0 Å². The van der Waals surface area contributed by atoms with Crippen molar-refractivity contribution in [1.82, 2.24) is 0 Å². The Morgan fingerprint density at radius 1 is 0.875 bits per heavy atom. The van der Waals surface area contributed by atoms with Crippen LogP contribution in [0.3, 0.4) is 0 Å². The summed E-state index contributed by atoms with van der Waals surface area (Å²) in [7, 11) is 0. The van der Waals surface area contributed by atoms with Crippen molar-refractivity contribution >= 4 is 0 Å². The zero-order chi connectivity index (χ0) is 17.8. The lowest BCUT2D eigenvalue weighted by atomic mass is 9.69. The normalized spacial score (nSPS) is 13.2. The fraction of sp³-hybridized carbons (Fsp3) is 0.478. The lowest BCUT2D eigenvalue weighted by molar-refractivity contribution is 0.229. The molecule has 0 fully saturated rings. The molecule has 0 spiro atoms. The molecular formula is C23H30O. The fourth-order valence-electron chi connectivity index (χ4n) is 2.90. The molecule has 1 nitrogen and oxygen atoms in total. The van der Waals surface area contributed by atoms with Gasteiger partial charge in [0.25, 0.3) is 0 Å². The van der Waals surface area contributed by atoms with Crippen molar-refractivity contribution in [3.05, 3.63) is 65.7 Å². The van der Waals surface area contributed by atoms with E-state index in [9.17, 15) is 0 Å². The van der Waals surface area contributed by atoms with Gasteiger partial charge in [-0.15, -0.1) is 0 Å². The SMILES string of the molecule is CC(C)(C)CC(c1c#cc(OCc2ccccc2)cc1)C(C)(C)C. The monoisotopic (exact) mass is 322 g/mol. The van der Waals surface area contributed by atoms with E-state index in [1.54, 1.807) is 0 Å². The second kappa shape index (κ2) is 7.31. The van der Waals surface area contributed by atoms with Crippen LogP contribution in [0.2, 0.25) is 0 Å². The lowest BCUT2D eigenvalue weighted by Crippen LogP contribution is -2.23. The average molecular weight is 322 g/mol. The van der Waals surface area contributed by atoms with Crippen molar-refractivity contribution in [2.75, 3.05) is 0 Å². The Balaban J connectivity index is 2.08. The minimum atomic E-state index is 0.198. The summed E-state index contributed by atoms with van der Waals surface area (Å²) in [5.74, 6) is 1.21. The van der Waals surface area contributed by atoms with Crippen LogP contribution in [0.1, 0.15) is 65.0 Å². The summed E-state index contributed by atoms with van der Waals surface area (Å²) < 4.78 is 5.83. The van der Waals surface area contributed by atoms with E-state index in [0.29, 0.717) is 12.5 Å². The molecule has 1 heteroatoms. The average Bonchev–Trinajstić information content (AvgIpc) is 2.50. The Morgan fingerprint density at radius 3 is 2.04 bits per heavy atom. The van der Waals surface area contributed by atoms with E-state index in [1.165, 1.54) is 5.56 Å². The van der Waals surface area contributed by atoms with Gasteiger partial charge >= 0.3 is 0 Å². The molecule has 0 radical (unpaired) electrons. The van der Waals surface area contributed by atoms with Gasteiger partial charge in [-0.25, -0.2) is 0 Å². The second-order valence-electron chi connectivity index (χ2n) is 8.86. The molecule has 24 heavy (non-hydrogen) atoms. The van der Waals surface area contributed by atoms with Crippen LogP contribution in [0.4, 0.5) is 0 Å². The first-order valence-corrected chi connectivity index (χ1v) is 8.76. The first-order chi connectivity index (χ1) is 11.1. The van der Waals surface area contributed by atoms with E-state index in [0.717, 1.165) is 17.7 Å². The molecule has 2 aromatic carbocycles. The molecule has 0 aliphatic heterocycles. The minimum Gasteiger partial charge on any atom is -0.481 e. The Labute approximate surface area is 148 Å². The highest BCUT2D eigenvalue weighted by molar-refractivity contribution is 5.25. The predicted octanol–water partition coefficient (Wildman–Crippen LogP) is 6.43. The van der Waals surface area contributed by atoms with E-state index in [2.05, 4.69) is 71.9 Å². The zero-order valence-corrected chi connectivity index (χ0v) is 15.9. The molecule has 1 unspecified atom stereocenters. The fourth-order valence-corrected chi connectivity index (χ4v) is 2.90. The molecule has 0 amide bonds. The maximum Gasteiger partial charge on any atom is 0.170 e. The minimum absolute atomic E-state index is 0.198. The predicted molar refractivity (Wildman–Crippen MR) is 101 cm³/mol. The van der Waals surface area contributed by atoms with Crippen molar-refractivity contribution in [1.29, 1.82) is 0 Å². The third-order valence-corrected chi connectivity index (χ3v) is 4.22. The van der Waals surface area contributed by atoms with Gasteiger partial charge in [0.05, 0.1) is 0 Å². The molecule has 0 saturated carbocycles. The number of hydrogen-bond donors (Lipinski definition) is 0. The van der Waals surface area contributed by atoms with Gasteiger partial charge in [-0.1, -0.05) is 77.9 Å². The Morgan fingerprint density at radius 2 is 1.54 bits per heavy atom. The topological polar surface area (TPSA) is 9.23 Å². The molecule has 2 aromatic rings. The zero-order valence-electron chi connectivity index (χ0n) is 15.9. The van der Waals surface area contributed by atoms with Crippen molar-refractivity contribution < 1.29 is 4.74 Å². The van der Waals surface area contributed by atoms with Gasteiger partial charge < -0.3 is 4.74 Å². The van der Waals surface area contributed by atoms with Crippen LogP contribution in [-0.4, -0.2) is 0 Å². The molecule has 2 rings (SSSR count). The van der Waals surface area contributed by atoms with Crippen molar-refractivity contribution in [3.63, 3.8) is 0 Å². The third-order valence-electron chi connectivity index (χ3n) is 4.22. The maximum atomic E-state index is 5.83. The highest BCUT2D eigenvalue weighted by Crippen LogP contribution is 2.42. The summed E-state index contributed by atoms with van der Waals surface area (Å²) in [4.78, 5) is 0. The quantitative estimate of drug-likeness (QED) is 0.616. The largest absolute Gasteiger partial charge is 0.481 e. The summed E-state index contributed by atoms with van der Waals surface area (Å²) in [6, 6.07) is 20.9. The summed E-state index contributed by atoms with van der Waals surface area (Å²) in [5.41, 5.74) is 2.87. The summed E-state index contributed by atoms with van der Waals surface area (Å²) in [5, 5.41) is 0. The molecule has 1 atom stereocenters. The van der Waals surface area contributed by atoms with Crippen LogP contribution >= 0.6 is 0 Å². The van der Waals surface area contributed by atoms with Gasteiger partial charge in [0.15, 0.2) is 5.75 Å². The number of rotatable bonds is 5. The van der Waals surface area contributed by atoms with E-state index < -0.39 is 0 Å². The van der Waals surface area contributed by atoms with E-state index in [-0.39, 0.29) is 10.8 Å². The van der Waals surface area contributed by atoms with Crippen molar-refractivity contribution in [2.24, 2.45) is 10.8 Å². The molecule has 128 valence electrons. The molecule has 0 aliphatic carbocycles. The summed E-state index contributed by atoms with van der Waals surface area (Å²) in [6.07, 6.45) is 1.13. The van der Waals surface area contributed by atoms with Gasteiger partial charge in [-0.05, 0) is 46.9 Å². The smallest absolute Gasteiger partial charge is 0.170 e. The Bertz CT molecular complexity index is 612. The number of benzene rings is 1. The molecule has 0 saturated heterocycles. The van der Waals surface area contributed by atoms with Crippen molar-refractivity contribution in [3.8, 4) is 5.75 Å². The van der Waals surface area contributed by atoms with E-state index in [1.807, 2.05) is 24.3 Å². The van der Waals surface area contributed by atoms with Gasteiger partial charge in [-0.3, -0.25) is 0 Å². The first-order valence-electron chi connectivity index (χ1n) is 8.76. The van der Waals surface area contributed by atoms with Crippen LogP contribution in [0, 0.1) is 23.0 Å². The van der Waals surface area contributed by atoms with Gasteiger partial charge in [-0.2, -0.15) is 0 Å². The molecule has 0 heterocycles. The first kappa shape index (κ1) is 18.4. The van der Waals surface area contributed by atoms with Crippen LogP contribution in [0.5, 0.6) is 5.75 Å². The van der Waals surface area contributed by atoms with Crippen LogP contribution in [0.15, 0.2) is 42.5 Å². The summed E-state index contributed by atoms with van der Waals surface area (Å²) in [6.45, 7) is 14.4. The van der Waals surface area contributed by atoms with E-state index >= 15 is 0 Å². The standard InChI is InChI=1S/C23H30O/c1-22(2,3)16-21(23(4,5)6)19-12-14-20(15-13-19)24-17-18-10-8-7-9-11-18/h7-12,14,21H,16-17H2,1-6H3. The van der Waals surface area contributed by atoms with Crippen molar-refractivity contribution in [2.45, 2.75) is 60.5 Å². The second-order valence-corrected chi connectivity index (χ2v) is 8.86. The summed E-state index contributed by atoms with van der Waals surface area (Å²) >= 11 is 0. The molecule has 0 bridgehead atoms. The molecule has 0 aromatic heterocycles. The highest BCUT2D eigenvalue weighted by Gasteiger charge is 2.30. The van der Waals surface area contributed by atoms with Gasteiger partial charge in [0.1, 0.15) is 6.61 Å². The number of hydrogen-bond acceptors (Lipinski definition) is 1. The molecule has 0 N–H and O–H groups in total. The molecule has 0 aliphatic rings. The van der Waals surface area contributed by atoms with Gasteiger partial charge in [0, 0.05) is 5.56 Å². The maximum absolute atomic E-state index is 5.83. The van der Waals surface area contributed by atoms with E-state index in [4.69, 9.17) is 4.74 Å². The van der Waals surface area contributed by atoms with Crippen LogP contribution in [-0.2, 0) is 6.61 Å². The third kappa shape index (κ3) is 5.60. The highest BCUT2D eigenvalue weighted by atomic mass is 16.5. The molecular weight excluding hydrogens is 292 g/mol. The number of ether oxygens (including phenoxy) is 1. The Hall–Kier alpha value is -1.94.